The van der Waals surface area contributed by atoms with E-state index in [1.54, 1.807) is 0 Å². The van der Waals surface area contributed by atoms with Crippen molar-refractivity contribution in [2.75, 3.05) is 30.4 Å². The number of ether oxygens (including phenoxy) is 1. The fourth-order valence-electron chi connectivity index (χ4n) is 1.81. The zero-order valence-electron chi connectivity index (χ0n) is 9.40. The van der Waals surface area contributed by atoms with Crippen LogP contribution in [-0.2, 0) is 4.74 Å². The number of nitrogens with zero attached hydrogens (tertiary/aromatic N) is 3. The van der Waals surface area contributed by atoms with E-state index < -0.39 is 5.82 Å². The normalized spacial score (nSPS) is 19.8. The Hall–Kier alpha value is -1.43. The molecule has 2 heterocycles. The molecule has 1 saturated heterocycles. The summed E-state index contributed by atoms with van der Waals surface area (Å²) in [5, 5.41) is 0. The van der Waals surface area contributed by atoms with Gasteiger partial charge in [0.1, 0.15) is 0 Å². The monoisotopic (exact) mass is 226 g/mol. The summed E-state index contributed by atoms with van der Waals surface area (Å²) in [5.74, 6) is -0.122. The summed E-state index contributed by atoms with van der Waals surface area (Å²) in [5.41, 5.74) is 5.18. The van der Waals surface area contributed by atoms with Gasteiger partial charge in [0.15, 0.2) is 11.6 Å². The second kappa shape index (κ2) is 3.86. The predicted molar refractivity (Wildman–Crippen MR) is 58.6 cm³/mol. The first-order chi connectivity index (χ1) is 7.50. The topological polar surface area (TPSA) is 64.3 Å². The minimum atomic E-state index is -0.454. The fourth-order valence-corrected chi connectivity index (χ4v) is 1.81. The van der Waals surface area contributed by atoms with Crippen LogP contribution in [0.4, 0.5) is 16.2 Å². The Balaban J connectivity index is 2.38. The van der Waals surface area contributed by atoms with Gasteiger partial charge in [0.05, 0.1) is 24.9 Å². The molecule has 1 aliphatic rings. The molecule has 0 unspecified atom stereocenters. The lowest BCUT2D eigenvalue weighted by molar-refractivity contribution is 0.0634. The number of hydrogen-bond acceptors (Lipinski definition) is 5. The molecular formula is C10H15FN4O. The summed E-state index contributed by atoms with van der Waals surface area (Å²) < 4.78 is 19.0. The van der Waals surface area contributed by atoms with Crippen LogP contribution in [0, 0.1) is 5.82 Å². The predicted octanol–water partition coefficient (Wildman–Crippen LogP) is 0.813. The van der Waals surface area contributed by atoms with Gasteiger partial charge >= 0.3 is 0 Å². The molecule has 0 atom stereocenters. The van der Waals surface area contributed by atoms with Crippen LogP contribution >= 0.6 is 0 Å². The highest BCUT2D eigenvalue weighted by Crippen LogP contribution is 2.27. The molecule has 2 rings (SSSR count). The minimum Gasteiger partial charge on any atom is -0.377 e. The van der Waals surface area contributed by atoms with E-state index in [-0.39, 0.29) is 17.3 Å². The maximum atomic E-state index is 13.6. The van der Waals surface area contributed by atoms with Crippen LogP contribution in [0.1, 0.15) is 13.8 Å². The number of nitrogens with two attached hydrogens (primary N) is 1. The largest absolute Gasteiger partial charge is 0.377 e. The summed E-state index contributed by atoms with van der Waals surface area (Å²) >= 11 is 0. The maximum absolute atomic E-state index is 13.6. The summed E-state index contributed by atoms with van der Waals surface area (Å²) in [7, 11) is 0. The molecule has 1 fully saturated rings. The lowest BCUT2D eigenvalue weighted by atomic mass is 10.0. The molecule has 88 valence electrons. The summed E-state index contributed by atoms with van der Waals surface area (Å²) in [4.78, 5) is 9.43. The SMILES string of the molecule is CC1(C)COCCN1c1nc(N)ncc1F. The van der Waals surface area contributed by atoms with E-state index in [1.807, 2.05) is 18.7 Å². The molecule has 0 aliphatic carbocycles. The van der Waals surface area contributed by atoms with Gasteiger partial charge in [-0.2, -0.15) is 4.98 Å². The van der Waals surface area contributed by atoms with Crippen LogP contribution in [0.3, 0.4) is 0 Å². The third-order valence-corrected chi connectivity index (χ3v) is 2.65. The maximum Gasteiger partial charge on any atom is 0.222 e. The van der Waals surface area contributed by atoms with E-state index in [9.17, 15) is 4.39 Å². The fraction of sp³-hybridized carbons (Fsp3) is 0.600. The number of nitrogen functional groups attached to an aromatic ring is 1. The lowest BCUT2D eigenvalue weighted by Crippen LogP contribution is -2.53. The number of hydrogen-bond donors (Lipinski definition) is 1. The standard InChI is InChI=1S/C10H15FN4O/c1-10(2)6-16-4-3-15(10)8-7(11)5-13-9(12)14-8/h5H,3-4,6H2,1-2H3,(H2,12,13,14). The van der Waals surface area contributed by atoms with Crippen molar-refractivity contribution in [3.63, 3.8) is 0 Å². The van der Waals surface area contributed by atoms with Crippen LogP contribution in [0.5, 0.6) is 0 Å². The number of aromatic nitrogens is 2. The van der Waals surface area contributed by atoms with Crippen molar-refractivity contribution in [1.29, 1.82) is 0 Å². The molecule has 1 aliphatic heterocycles. The molecule has 0 bridgehead atoms. The van der Waals surface area contributed by atoms with Crippen molar-refractivity contribution >= 4 is 11.8 Å². The first-order valence-electron chi connectivity index (χ1n) is 5.14. The Morgan fingerprint density at radius 2 is 2.31 bits per heavy atom. The van der Waals surface area contributed by atoms with E-state index in [4.69, 9.17) is 10.5 Å². The summed E-state index contributed by atoms with van der Waals surface area (Å²) in [6, 6.07) is 0. The first kappa shape index (κ1) is 11.1. The number of anilines is 2. The second-order valence-corrected chi connectivity index (χ2v) is 4.42. The van der Waals surface area contributed by atoms with Gasteiger partial charge in [0, 0.05) is 6.54 Å². The van der Waals surface area contributed by atoms with Crippen molar-refractivity contribution in [2.24, 2.45) is 0 Å². The smallest absolute Gasteiger partial charge is 0.222 e. The highest BCUT2D eigenvalue weighted by molar-refractivity contribution is 5.45. The number of halogens is 1. The zero-order valence-corrected chi connectivity index (χ0v) is 9.40. The van der Waals surface area contributed by atoms with Crippen LogP contribution in [0.25, 0.3) is 0 Å². The van der Waals surface area contributed by atoms with Gasteiger partial charge in [-0.05, 0) is 13.8 Å². The quantitative estimate of drug-likeness (QED) is 0.767. The van der Waals surface area contributed by atoms with Gasteiger partial charge in [-0.1, -0.05) is 0 Å². The second-order valence-electron chi connectivity index (χ2n) is 4.42. The molecule has 0 radical (unpaired) electrons. The van der Waals surface area contributed by atoms with E-state index in [0.717, 1.165) is 6.20 Å². The average Bonchev–Trinajstić information content (AvgIpc) is 2.22. The molecule has 0 aromatic carbocycles. The number of morpholine rings is 1. The van der Waals surface area contributed by atoms with Crippen LogP contribution < -0.4 is 10.6 Å². The van der Waals surface area contributed by atoms with Gasteiger partial charge < -0.3 is 15.4 Å². The summed E-state index contributed by atoms with van der Waals surface area (Å²) in [6.07, 6.45) is 1.10. The zero-order chi connectivity index (χ0) is 11.8. The van der Waals surface area contributed by atoms with Crippen LogP contribution in [0.2, 0.25) is 0 Å². The van der Waals surface area contributed by atoms with Gasteiger partial charge in [-0.3, -0.25) is 0 Å². The van der Waals surface area contributed by atoms with Gasteiger partial charge in [0.25, 0.3) is 0 Å². The van der Waals surface area contributed by atoms with E-state index >= 15 is 0 Å². The van der Waals surface area contributed by atoms with Crippen molar-refractivity contribution in [1.82, 2.24) is 9.97 Å². The molecule has 6 heteroatoms. The lowest BCUT2D eigenvalue weighted by Gasteiger charge is -2.42. The van der Waals surface area contributed by atoms with Crippen molar-refractivity contribution in [2.45, 2.75) is 19.4 Å². The molecule has 0 saturated carbocycles. The van der Waals surface area contributed by atoms with E-state index in [0.29, 0.717) is 19.8 Å². The third-order valence-electron chi connectivity index (χ3n) is 2.65. The molecule has 2 N–H and O–H groups in total. The molecule has 0 amide bonds. The first-order valence-corrected chi connectivity index (χ1v) is 5.14. The summed E-state index contributed by atoms with van der Waals surface area (Å²) in [6.45, 7) is 5.65. The molecule has 1 aromatic heterocycles. The highest BCUT2D eigenvalue weighted by atomic mass is 19.1. The van der Waals surface area contributed by atoms with Crippen molar-refractivity contribution < 1.29 is 9.13 Å². The minimum absolute atomic E-state index is 0.0821. The molecular weight excluding hydrogens is 211 g/mol. The number of rotatable bonds is 1. The Labute approximate surface area is 93.4 Å². The van der Waals surface area contributed by atoms with Crippen molar-refractivity contribution in [3.05, 3.63) is 12.0 Å². The van der Waals surface area contributed by atoms with Gasteiger partial charge in [-0.25, -0.2) is 9.37 Å². The van der Waals surface area contributed by atoms with Gasteiger partial charge in [0.2, 0.25) is 5.95 Å². The molecule has 5 nitrogen and oxygen atoms in total. The molecule has 1 aromatic rings. The van der Waals surface area contributed by atoms with E-state index in [1.165, 1.54) is 0 Å². The van der Waals surface area contributed by atoms with Crippen LogP contribution in [-0.4, -0.2) is 35.3 Å². The third kappa shape index (κ3) is 1.92. The highest BCUT2D eigenvalue weighted by Gasteiger charge is 2.33. The average molecular weight is 226 g/mol. The Morgan fingerprint density at radius 1 is 1.56 bits per heavy atom. The molecule has 16 heavy (non-hydrogen) atoms. The molecule has 0 spiro atoms. The van der Waals surface area contributed by atoms with Gasteiger partial charge in [-0.15, -0.1) is 0 Å². The van der Waals surface area contributed by atoms with E-state index in [2.05, 4.69) is 9.97 Å². The van der Waals surface area contributed by atoms with Crippen LogP contribution in [0.15, 0.2) is 6.20 Å². The van der Waals surface area contributed by atoms with Crippen molar-refractivity contribution in [3.8, 4) is 0 Å². The Bertz CT molecular complexity index is 396. The Kier molecular flexibility index (Phi) is 2.67. The Morgan fingerprint density at radius 3 is 3.00 bits per heavy atom.